The molecule has 0 aromatic heterocycles. The van der Waals surface area contributed by atoms with Gasteiger partial charge >= 0.3 is 0 Å². The Labute approximate surface area is 177 Å². The number of halogens is 3. The Morgan fingerprint density at radius 2 is 1.54 bits per heavy atom. The largest absolute Gasteiger partial charge is 0.323 e. The van der Waals surface area contributed by atoms with Crippen LogP contribution in [0.1, 0.15) is 6.92 Å². The Hall–Kier alpha value is -1.83. The zero-order valence-electron chi connectivity index (χ0n) is 14.5. The third kappa shape index (κ3) is 4.59. The molecule has 146 valence electrons. The standard InChI is InChI=1S/C19H15Cl3N2O3S/c1-11(19(25)23-18-10-16(21)15(20)9-17(18)22)24-28(26,27)14-7-6-12-4-2-3-5-13(12)8-14/h2-11,24H,1H3,(H,23,25)/t11-/m1/s1. The summed E-state index contributed by atoms with van der Waals surface area (Å²) in [6.45, 7) is 1.43. The number of carbonyl (C=O) groups excluding carboxylic acids is 1. The molecule has 1 atom stereocenters. The van der Waals surface area contributed by atoms with E-state index >= 15 is 0 Å². The highest BCUT2D eigenvalue weighted by Crippen LogP contribution is 2.32. The van der Waals surface area contributed by atoms with E-state index in [9.17, 15) is 13.2 Å². The Morgan fingerprint density at radius 1 is 0.893 bits per heavy atom. The topological polar surface area (TPSA) is 75.3 Å². The quantitative estimate of drug-likeness (QED) is 0.523. The van der Waals surface area contributed by atoms with E-state index in [1.165, 1.54) is 25.1 Å². The minimum Gasteiger partial charge on any atom is -0.323 e. The van der Waals surface area contributed by atoms with Crippen LogP contribution < -0.4 is 10.0 Å². The van der Waals surface area contributed by atoms with Gasteiger partial charge in [-0.05, 0) is 42.0 Å². The van der Waals surface area contributed by atoms with E-state index in [1.807, 2.05) is 24.3 Å². The molecule has 28 heavy (non-hydrogen) atoms. The van der Waals surface area contributed by atoms with E-state index in [0.717, 1.165) is 10.8 Å². The molecule has 1 amide bonds. The third-order valence-electron chi connectivity index (χ3n) is 4.02. The Balaban J connectivity index is 1.77. The predicted octanol–water partition coefficient (Wildman–Crippen LogP) is 5.11. The van der Waals surface area contributed by atoms with Crippen molar-refractivity contribution in [1.82, 2.24) is 4.72 Å². The van der Waals surface area contributed by atoms with Crippen molar-refractivity contribution in [2.45, 2.75) is 17.9 Å². The Kier molecular flexibility index (Phi) is 6.17. The fourth-order valence-electron chi connectivity index (χ4n) is 2.55. The molecule has 0 saturated heterocycles. The van der Waals surface area contributed by atoms with Gasteiger partial charge in [0.1, 0.15) is 0 Å². The van der Waals surface area contributed by atoms with Gasteiger partial charge in [-0.25, -0.2) is 8.42 Å². The highest BCUT2D eigenvalue weighted by Gasteiger charge is 2.23. The molecule has 0 aliphatic heterocycles. The normalized spacial score (nSPS) is 12.7. The van der Waals surface area contributed by atoms with Gasteiger partial charge in [0, 0.05) is 0 Å². The first kappa shape index (κ1) is 20.9. The summed E-state index contributed by atoms with van der Waals surface area (Å²) in [4.78, 5) is 12.5. The molecular weight excluding hydrogens is 443 g/mol. The smallest absolute Gasteiger partial charge is 0.242 e. The molecule has 5 nitrogen and oxygen atoms in total. The number of hydrogen-bond acceptors (Lipinski definition) is 3. The van der Waals surface area contributed by atoms with E-state index in [1.54, 1.807) is 12.1 Å². The van der Waals surface area contributed by atoms with E-state index in [-0.39, 0.29) is 25.7 Å². The second-order valence-electron chi connectivity index (χ2n) is 6.09. The van der Waals surface area contributed by atoms with E-state index < -0.39 is 22.0 Å². The van der Waals surface area contributed by atoms with Gasteiger partial charge in [-0.15, -0.1) is 0 Å². The van der Waals surface area contributed by atoms with Gasteiger partial charge in [0.05, 0.1) is 31.7 Å². The van der Waals surface area contributed by atoms with E-state index in [4.69, 9.17) is 34.8 Å². The molecular formula is C19H15Cl3N2O3S. The molecule has 3 aromatic rings. The molecule has 0 heterocycles. The maximum absolute atomic E-state index is 12.7. The monoisotopic (exact) mass is 456 g/mol. The number of fused-ring (bicyclic) bond motifs is 1. The summed E-state index contributed by atoms with van der Waals surface area (Å²) in [5.74, 6) is -0.593. The number of amides is 1. The fraction of sp³-hybridized carbons (Fsp3) is 0.105. The first-order chi connectivity index (χ1) is 13.2. The second kappa shape index (κ2) is 8.27. The molecule has 0 saturated carbocycles. The number of anilines is 1. The number of benzene rings is 3. The van der Waals surface area contributed by atoms with Crippen molar-refractivity contribution in [1.29, 1.82) is 0 Å². The van der Waals surface area contributed by atoms with Gasteiger partial charge < -0.3 is 5.32 Å². The number of rotatable bonds is 5. The van der Waals surface area contributed by atoms with Crippen LogP contribution in [0.25, 0.3) is 10.8 Å². The van der Waals surface area contributed by atoms with Gasteiger partial charge in [0.25, 0.3) is 0 Å². The molecule has 9 heteroatoms. The molecule has 3 aromatic carbocycles. The molecule has 0 aliphatic carbocycles. The number of nitrogens with one attached hydrogen (secondary N) is 2. The summed E-state index contributed by atoms with van der Waals surface area (Å²) in [6.07, 6.45) is 0. The van der Waals surface area contributed by atoms with Crippen LogP contribution >= 0.6 is 34.8 Å². The Morgan fingerprint density at radius 3 is 2.25 bits per heavy atom. The van der Waals surface area contributed by atoms with Gasteiger partial charge in [-0.2, -0.15) is 4.72 Å². The third-order valence-corrected chi connectivity index (χ3v) is 6.60. The van der Waals surface area contributed by atoms with Crippen molar-refractivity contribution >= 4 is 67.2 Å². The van der Waals surface area contributed by atoms with Gasteiger partial charge in [0.15, 0.2) is 0 Å². The number of carbonyl (C=O) groups is 1. The lowest BCUT2D eigenvalue weighted by molar-refractivity contribution is -0.117. The highest BCUT2D eigenvalue weighted by atomic mass is 35.5. The van der Waals surface area contributed by atoms with E-state index in [2.05, 4.69) is 10.0 Å². The fourth-order valence-corrected chi connectivity index (χ4v) is 4.38. The Bertz CT molecular complexity index is 1170. The van der Waals surface area contributed by atoms with Crippen molar-refractivity contribution in [3.63, 3.8) is 0 Å². The lowest BCUT2D eigenvalue weighted by atomic mass is 10.1. The lowest BCUT2D eigenvalue weighted by Gasteiger charge is -2.16. The van der Waals surface area contributed by atoms with Crippen LogP contribution in [0.2, 0.25) is 15.1 Å². The summed E-state index contributed by atoms with van der Waals surface area (Å²) in [6, 6.07) is 13.9. The minimum atomic E-state index is -3.90. The molecule has 3 rings (SSSR count). The van der Waals surface area contributed by atoms with Crippen LogP contribution in [-0.2, 0) is 14.8 Å². The first-order valence-electron chi connectivity index (χ1n) is 8.14. The SMILES string of the molecule is C[C@@H](NS(=O)(=O)c1ccc2ccccc2c1)C(=O)Nc1cc(Cl)c(Cl)cc1Cl. The molecule has 0 unspecified atom stereocenters. The van der Waals surface area contributed by atoms with Crippen molar-refractivity contribution in [2.75, 3.05) is 5.32 Å². The van der Waals surface area contributed by atoms with Crippen LogP contribution in [0.5, 0.6) is 0 Å². The molecule has 0 spiro atoms. The summed E-state index contributed by atoms with van der Waals surface area (Å²) >= 11 is 17.8. The lowest BCUT2D eigenvalue weighted by Crippen LogP contribution is -2.41. The van der Waals surface area contributed by atoms with Crippen molar-refractivity contribution < 1.29 is 13.2 Å². The summed E-state index contributed by atoms with van der Waals surface area (Å²) < 4.78 is 27.7. The highest BCUT2D eigenvalue weighted by molar-refractivity contribution is 7.89. The second-order valence-corrected chi connectivity index (χ2v) is 9.02. The van der Waals surface area contributed by atoms with Crippen molar-refractivity contribution in [2.24, 2.45) is 0 Å². The maximum Gasteiger partial charge on any atom is 0.242 e. The maximum atomic E-state index is 12.7. The number of sulfonamides is 1. The molecule has 2 N–H and O–H groups in total. The zero-order valence-corrected chi connectivity index (χ0v) is 17.6. The van der Waals surface area contributed by atoms with E-state index in [0.29, 0.717) is 0 Å². The van der Waals surface area contributed by atoms with Crippen molar-refractivity contribution in [3.8, 4) is 0 Å². The first-order valence-corrected chi connectivity index (χ1v) is 10.8. The van der Waals surface area contributed by atoms with Crippen LogP contribution in [0.15, 0.2) is 59.5 Å². The van der Waals surface area contributed by atoms with Crippen molar-refractivity contribution in [3.05, 3.63) is 69.7 Å². The number of hydrogen-bond donors (Lipinski definition) is 2. The van der Waals surface area contributed by atoms with Crippen LogP contribution in [0.3, 0.4) is 0 Å². The average molecular weight is 458 g/mol. The van der Waals surface area contributed by atoms with Gasteiger partial charge in [-0.1, -0.05) is 65.1 Å². The average Bonchev–Trinajstić information content (AvgIpc) is 2.65. The zero-order chi connectivity index (χ0) is 20.5. The van der Waals surface area contributed by atoms with Gasteiger partial charge in [0.2, 0.25) is 15.9 Å². The summed E-state index contributed by atoms with van der Waals surface area (Å²) in [5, 5.41) is 4.89. The predicted molar refractivity (Wildman–Crippen MR) is 114 cm³/mol. The summed E-state index contributed by atoms with van der Waals surface area (Å²) in [5.41, 5.74) is 0.234. The van der Waals surface area contributed by atoms with Gasteiger partial charge in [-0.3, -0.25) is 4.79 Å². The minimum absolute atomic E-state index is 0.0680. The van der Waals surface area contributed by atoms with Crippen LogP contribution in [0, 0.1) is 0 Å². The molecule has 0 radical (unpaired) electrons. The van der Waals surface area contributed by atoms with Crippen LogP contribution in [-0.4, -0.2) is 20.4 Å². The van der Waals surface area contributed by atoms with Crippen LogP contribution in [0.4, 0.5) is 5.69 Å². The summed E-state index contributed by atoms with van der Waals surface area (Å²) in [7, 11) is -3.90. The molecule has 0 aliphatic rings. The molecule has 0 fully saturated rings. The molecule has 0 bridgehead atoms.